The maximum Gasteiger partial charge on any atom is 0.253 e. The number of hydrogen-bond acceptors (Lipinski definition) is 3. The smallest absolute Gasteiger partial charge is 0.253 e. The van der Waals surface area contributed by atoms with Gasteiger partial charge in [-0.2, -0.15) is 5.26 Å². The molecular weight excluding hydrogens is 252 g/mol. The minimum absolute atomic E-state index is 0.0436. The topological polar surface area (TPSA) is 53.3 Å². The first-order valence-electron chi connectivity index (χ1n) is 7.08. The van der Waals surface area contributed by atoms with E-state index in [4.69, 9.17) is 10.00 Å². The highest BCUT2D eigenvalue weighted by Crippen LogP contribution is 2.16. The van der Waals surface area contributed by atoms with Gasteiger partial charge in [-0.15, -0.1) is 0 Å². The van der Waals surface area contributed by atoms with Crippen molar-refractivity contribution in [2.75, 3.05) is 20.2 Å². The Bertz CT molecular complexity index is 501. The van der Waals surface area contributed by atoms with E-state index in [0.29, 0.717) is 17.7 Å². The number of hydrogen-bond donors (Lipinski definition) is 0. The Morgan fingerprint density at radius 1 is 1.50 bits per heavy atom. The molecule has 1 aromatic rings. The van der Waals surface area contributed by atoms with Gasteiger partial charge in [0.05, 0.1) is 17.7 Å². The van der Waals surface area contributed by atoms with Crippen LogP contribution in [0.1, 0.15) is 41.6 Å². The molecule has 4 heteroatoms. The first-order chi connectivity index (χ1) is 9.70. The first kappa shape index (κ1) is 14.5. The molecular formula is C16H20N2O2. The normalized spacial score (nSPS) is 18.3. The first-order valence-corrected chi connectivity index (χ1v) is 7.08. The molecule has 106 valence electrons. The Labute approximate surface area is 120 Å². The zero-order valence-electron chi connectivity index (χ0n) is 11.8. The van der Waals surface area contributed by atoms with Crippen molar-refractivity contribution in [1.29, 1.82) is 5.26 Å². The van der Waals surface area contributed by atoms with Gasteiger partial charge in [0.15, 0.2) is 0 Å². The molecule has 0 aromatic heterocycles. The fraction of sp³-hybridized carbons (Fsp3) is 0.500. The summed E-state index contributed by atoms with van der Waals surface area (Å²) in [6, 6.07) is 8.88. The number of carbonyl (C=O) groups is 1. The average Bonchev–Trinajstić information content (AvgIpc) is 2.53. The van der Waals surface area contributed by atoms with Gasteiger partial charge in [-0.25, -0.2) is 0 Å². The van der Waals surface area contributed by atoms with Crippen molar-refractivity contribution in [3.63, 3.8) is 0 Å². The second-order valence-corrected chi connectivity index (χ2v) is 5.20. The third-order valence-corrected chi connectivity index (χ3v) is 3.65. The lowest BCUT2D eigenvalue weighted by atomic mass is 10.1. The Balaban J connectivity index is 1.89. The van der Waals surface area contributed by atoms with Gasteiger partial charge in [-0.05, 0) is 43.9 Å². The summed E-state index contributed by atoms with van der Waals surface area (Å²) in [5.41, 5.74) is 1.08. The van der Waals surface area contributed by atoms with Crippen LogP contribution in [0.25, 0.3) is 0 Å². The SMILES string of the molecule is CN(CCC1CCCCO1)C(=O)c1cccc(C#N)c1. The third kappa shape index (κ3) is 3.82. The van der Waals surface area contributed by atoms with Crippen molar-refractivity contribution in [3.05, 3.63) is 35.4 Å². The standard InChI is InChI=1S/C16H20N2O2/c1-18(9-8-15-7-2-3-10-20-15)16(19)14-6-4-5-13(11-14)12-17/h4-6,11,15H,2-3,7-10H2,1H3. The van der Waals surface area contributed by atoms with Gasteiger partial charge in [-0.1, -0.05) is 6.07 Å². The monoisotopic (exact) mass is 272 g/mol. The van der Waals surface area contributed by atoms with Crippen molar-refractivity contribution >= 4 is 5.91 Å². The molecule has 1 amide bonds. The maximum absolute atomic E-state index is 12.3. The Hall–Kier alpha value is -1.86. The van der Waals surface area contributed by atoms with Gasteiger partial charge in [0, 0.05) is 25.8 Å². The van der Waals surface area contributed by atoms with E-state index >= 15 is 0 Å². The van der Waals surface area contributed by atoms with Crippen LogP contribution in [0.4, 0.5) is 0 Å². The minimum atomic E-state index is -0.0436. The maximum atomic E-state index is 12.3. The third-order valence-electron chi connectivity index (χ3n) is 3.65. The minimum Gasteiger partial charge on any atom is -0.378 e. The summed E-state index contributed by atoms with van der Waals surface area (Å²) in [5.74, 6) is -0.0436. The highest BCUT2D eigenvalue weighted by Gasteiger charge is 2.17. The molecule has 0 saturated carbocycles. The van der Waals surface area contributed by atoms with Crippen LogP contribution in [-0.4, -0.2) is 37.1 Å². The van der Waals surface area contributed by atoms with Crippen LogP contribution in [0.15, 0.2) is 24.3 Å². The molecule has 1 heterocycles. The summed E-state index contributed by atoms with van der Waals surface area (Å²) in [6.07, 6.45) is 4.61. The van der Waals surface area contributed by atoms with E-state index in [1.807, 2.05) is 0 Å². The van der Waals surface area contributed by atoms with Gasteiger partial charge in [-0.3, -0.25) is 4.79 Å². The molecule has 20 heavy (non-hydrogen) atoms. The molecule has 1 aliphatic heterocycles. The van der Waals surface area contributed by atoms with Crippen LogP contribution >= 0.6 is 0 Å². The van der Waals surface area contributed by atoms with Gasteiger partial charge in [0.2, 0.25) is 0 Å². The molecule has 0 radical (unpaired) electrons. The molecule has 1 unspecified atom stereocenters. The molecule has 0 N–H and O–H groups in total. The van der Waals surface area contributed by atoms with E-state index in [1.54, 1.807) is 36.2 Å². The number of ether oxygens (including phenoxy) is 1. The number of benzene rings is 1. The van der Waals surface area contributed by atoms with Gasteiger partial charge in [0.1, 0.15) is 0 Å². The Morgan fingerprint density at radius 3 is 3.05 bits per heavy atom. The van der Waals surface area contributed by atoms with Crippen LogP contribution < -0.4 is 0 Å². The Kier molecular flexibility index (Phi) is 5.14. The van der Waals surface area contributed by atoms with Crippen molar-refractivity contribution in [2.45, 2.75) is 31.8 Å². The highest BCUT2D eigenvalue weighted by atomic mass is 16.5. The largest absolute Gasteiger partial charge is 0.378 e. The molecule has 1 atom stereocenters. The van der Waals surface area contributed by atoms with Crippen molar-refractivity contribution < 1.29 is 9.53 Å². The summed E-state index contributed by atoms with van der Waals surface area (Å²) in [7, 11) is 1.80. The summed E-state index contributed by atoms with van der Waals surface area (Å²) in [4.78, 5) is 14.0. The Morgan fingerprint density at radius 2 is 2.35 bits per heavy atom. The lowest BCUT2D eigenvalue weighted by Crippen LogP contribution is -2.31. The van der Waals surface area contributed by atoms with Gasteiger partial charge >= 0.3 is 0 Å². The van der Waals surface area contributed by atoms with Crippen molar-refractivity contribution in [1.82, 2.24) is 4.90 Å². The summed E-state index contributed by atoms with van der Waals surface area (Å²) in [6.45, 7) is 1.52. The van der Waals surface area contributed by atoms with Crippen LogP contribution in [0, 0.1) is 11.3 Å². The van der Waals surface area contributed by atoms with Crippen LogP contribution in [0.2, 0.25) is 0 Å². The number of amides is 1. The van der Waals surface area contributed by atoms with E-state index in [9.17, 15) is 4.79 Å². The number of nitriles is 1. The molecule has 1 aromatic carbocycles. The average molecular weight is 272 g/mol. The summed E-state index contributed by atoms with van der Waals surface area (Å²) >= 11 is 0. The molecule has 0 spiro atoms. The molecule has 0 aliphatic carbocycles. The fourth-order valence-corrected chi connectivity index (χ4v) is 2.42. The molecule has 2 rings (SSSR count). The molecule has 1 saturated heterocycles. The van der Waals surface area contributed by atoms with E-state index < -0.39 is 0 Å². The van der Waals surface area contributed by atoms with E-state index in [-0.39, 0.29) is 12.0 Å². The highest BCUT2D eigenvalue weighted by molar-refractivity contribution is 5.94. The van der Waals surface area contributed by atoms with Crippen molar-refractivity contribution in [2.24, 2.45) is 0 Å². The van der Waals surface area contributed by atoms with Gasteiger partial charge < -0.3 is 9.64 Å². The van der Waals surface area contributed by atoms with E-state index in [2.05, 4.69) is 6.07 Å². The lowest BCUT2D eigenvalue weighted by molar-refractivity contribution is 0.00709. The lowest BCUT2D eigenvalue weighted by Gasteiger charge is -2.25. The quantitative estimate of drug-likeness (QED) is 0.846. The predicted molar refractivity (Wildman–Crippen MR) is 76.3 cm³/mol. The second kappa shape index (κ2) is 7.06. The van der Waals surface area contributed by atoms with Crippen LogP contribution in [-0.2, 0) is 4.74 Å². The summed E-state index contributed by atoms with van der Waals surface area (Å²) in [5, 5.41) is 8.86. The molecule has 4 nitrogen and oxygen atoms in total. The van der Waals surface area contributed by atoms with E-state index in [0.717, 1.165) is 25.9 Å². The fourth-order valence-electron chi connectivity index (χ4n) is 2.42. The molecule has 1 aliphatic rings. The van der Waals surface area contributed by atoms with Gasteiger partial charge in [0.25, 0.3) is 5.91 Å². The number of rotatable bonds is 4. The van der Waals surface area contributed by atoms with E-state index in [1.165, 1.54) is 6.42 Å². The molecule has 0 bridgehead atoms. The number of carbonyl (C=O) groups excluding carboxylic acids is 1. The van der Waals surface area contributed by atoms with Crippen molar-refractivity contribution in [3.8, 4) is 6.07 Å². The number of nitrogens with zero attached hydrogens (tertiary/aromatic N) is 2. The zero-order valence-corrected chi connectivity index (χ0v) is 11.8. The van der Waals surface area contributed by atoms with Crippen LogP contribution in [0.5, 0.6) is 0 Å². The second-order valence-electron chi connectivity index (χ2n) is 5.20. The zero-order chi connectivity index (χ0) is 14.4. The predicted octanol–water partition coefficient (Wildman–Crippen LogP) is 2.59. The molecule has 1 fully saturated rings. The van der Waals surface area contributed by atoms with Crippen LogP contribution in [0.3, 0.4) is 0 Å². The summed E-state index contributed by atoms with van der Waals surface area (Å²) < 4.78 is 5.67.